The average molecular weight is 345 g/mol. The first-order valence-electron chi connectivity index (χ1n) is 8.61. The Morgan fingerprint density at radius 1 is 1.12 bits per heavy atom. The van der Waals surface area contributed by atoms with E-state index in [1.54, 1.807) is 0 Å². The highest BCUT2D eigenvalue weighted by Crippen LogP contribution is 2.25. The molecule has 1 aromatic rings. The van der Waals surface area contributed by atoms with Crippen LogP contribution >= 0.6 is 0 Å². The van der Waals surface area contributed by atoms with E-state index in [2.05, 4.69) is 26.8 Å². The summed E-state index contributed by atoms with van der Waals surface area (Å²) in [5, 5.41) is 8.14. The van der Waals surface area contributed by atoms with Crippen molar-refractivity contribution >= 4 is 23.5 Å². The van der Waals surface area contributed by atoms with Crippen LogP contribution in [0.1, 0.15) is 37.7 Å². The first-order chi connectivity index (χ1) is 12.1. The fourth-order valence-corrected chi connectivity index (χ4v) is 3.13. The predicted molar refractivity (Wildman–Crippen MR) is 92.1 cm³/mol. The SMILES string of the molecule is O=C1NNC(C(=O)NCc2cccc(NC(=O)C3CCCCC3)c2)N1. The Bertz CT molecular complexity index is 657. The molecule has 1 heterocycles. The van der Waals surface area contributed by atoms with Crippen LogP contribution in [0.2, 0.25) is 0 Å². The van der Waals surface area contributed by atoms with Crippen molar-refractivity contribution < 1.29 is 14.4 Å². The van der Waals surface area contributed by atoms with Gasteiger partial charge in [-0.15, -0.1) is 0 Å². The Kier molecular flexibility index (Phi) is 5.49. The van der Waals surface area contributed by atoms with Gasteiger partial charge in [0.05, 0.1) is 0 Å². The first kappa shape index (κ1) is 17.2. The monoisotopic (exact) mass is 345 g/mol. The second-order valence-electron chi connectivity index (χ2n) is 6.42. The molecular formula is C17H23N5O3. The second kappa shape index (κ2) is 7.98. The number of hydrazine groups is 1. The summed E-state index contributed by atoms with van der Waals surface area (Å²) in [4.78, 5) is 35.3. The van der Waals surface area contributed by atoms with Crippen molar-refractivity contribution in [1.82, 2.24) is 21.5 Å². The molecule has 0 spiro atoms. The molecule has 1 saturated heterocycles. The van der Waals surface area contributed by atoms with Crippen LogP contribution in [0.4, 0.5) is 10.5 Å². The lowest BCUT2D eigenvalue weighted by Gasteiger charge is -2.21. The zero-order valence-corrected chi connectivity index (χ0v) is 13.9. The number of hydrogen-bond acceptors (Lipinski definition) is 4. The van der Waals surface area contributed by atoms with Crippen molar-refractivity contribution in [3.8, 4) is 0 Å². The molecule has 134 valence electrons. The fraction of sp³-hybridized carbons (Fsp3) is 0.471. The number of hydrogen-bond donors (Lipinski definition) is 5. The molecule has 8 heteroatoms. The van der Waals surface area contributed by atoms with Gasteiger partial charge in [0.1, 0.15) is 0 Å². The minimum Gasteiger partial charge on any atom is -0.349 e. The first-order valence-corrected chi connectivity index (χ1v) is 8.61. The van der Waals surface area contributed by atoms with E-state index in [1.807, 2.05) is 24.3 Å². The summed E-state index contributed by atoms with van der Waals surface area (Å²) in [5.74, 6) is -0.165. The lowest BCUT2D eigenvalue weighted by Crippen LogP contribution is -2.47. The van der Waals surface area contributed by atoms with Gasteiger partial charge in [0, 0.05) is 18.2 Å². The minimum absolute atomic E-state index is 0.0739. The van der Waals surface area contributed by atoms with Crippen LogP contribution in [-0.2, 0) is 16.1 Å². The lowest BCUT2D eigenvalue weighted by molar-refractivity contribution is -0.123. The number of benzene rings is 1. The van der Waals surface area contributed by atoms with Crippen LogP contribution in [0, 0.1) is 5.92 Å². The van der Waals surface area contributed by atoms with Crippen molar-refractivity contribution in [1.29, 1.82) is 0 Å². The largest absolute Gasteiger partial charge is 0.349 e. The molecule has 0 bridgehead atoms. The molecule has 4 amide bonds. The zero-order valence-electron chi connectivity index (χ0n) is 13.9. The quantitative estimate of drug-likeness (QED) is 0.547. The Hall–Kier alpha value is -2.61. The summed E-state index contributed by atoms with van der Waals surface area (Å²) in [7, 11) is 0. The summed E-state index contributed by atoms with van der Waals surface area (Å²) >= 11 is 0. The van der Waals surface area contributed by atoms with Crippen LogP contribution in [0.5, 0.6) is 0 Å². The molecule has 2 fully saturated rings. The summed E-state index contributed by atoms with van der Waals surface area (Å²) < 4.78 is 0. The Labute approximate surface area is 146 Å². The molecule has 1 unspecified atom stereocenters. The standard InChI is InChI=1S/C17H23N5O3/c23-15(12-6-2-1-3-7-12)19-13-8-4-5-11(9-13)10-18-16(24)14-20-17(25)22-21-14/h4-5,8-9,12,14,21H,1-3,6-7,10H2,(H,18,24)(H,19,23)(H2,20,22,25). The van der Waals surface area contributed by atoms with Crippen LogP contribution in [0.3, 0.4) is 0 Å². The highest BCUT2D eigenvalue weighted by atomic mass is 16.2. The molecule has 0 aromatic heterocycles. The van der Waals surface area contributed by atoms with Crippen molar-refractivity contribution in [2.45, 2.75) is 44.8 Å². The van der Waals surface area contributed by atoms with Gasteiger partial charge < -0.3 is 16.0 Å². The molecule has 25 heavy (non-hydrogen) atoms. The number of carbonyl (C=O) groups excluding carboxylic acids is 3. The maximum atomic E-state index is 12.3. The molecule has 8 nitrogen and oxygen atoms in total. The predicted octanol–water partition coefficient (Wildman–Crippen LogP) is 0.965. The van der Waals surface area contributed by atoms with Crippen LogP contribution in [0.25, 0.3) is 0 Å². The molecule has 2 aliphatic rings. The van der Waals surface area contributed by atoms with Gasteiger partial charge in [-0.05, 0) is 30.5 Å². The van der Waals surface area contributed by atoms with Crippen LogP contribution < -0.4 is 26.8 Å². The highest BCUT2D eigenvalue weighted by Gasteiger charge is 2.26. The third-order valence-corrected chi connectivity index (χ3v) is 4.50. The van der Waals surface area contributed by atoms with Crippen molar-refractivity contribution in [3.05, 3.63) is 29.8 Å². The van der Waals surface area contributed by atoms with Gasteiger partial charge in [0.25, 0.3) is 5.91 Å². The van der Waals surface area contributed by atoms with E-state index in [1.165, 1.54) is 6.42 Å². The molecule has 5 N–H and O–H groups in total. The summed E-state index contributed by atoms with van der Waals surface area (Å²) in [6, 6.07) is 6.96. The van der Waals surface area contributed by atoms with E-state index in [0.29, 0.717) is 6.54 Å². The van der Waals surface area contributed by atoms with Gasteiger partial charge in [-0.3, -0.25) is 15.0 Å². The van der Waals surface area contributed by atoms with Gasteiger partial charge in [0.2, 0.25) is 5.91 Å². The maximum absolute atomic E-state index is 12.3. The zero-order chi connectivity index (χ0) is 17.6. The van der Waals surface area contributed by atoms with Gasteiger partial charge in [0.15, 0.2) is 6.17 Å². The average Bonchev–Trinajstić information content (AvgIpc) is 3.07. The maximum Gasteiger partial charge on any atom is 0.330 e. The molecule has 1 aromatic carbocycles. The van der Waals surface area contributed by atoms with Gasteiger partial charge in [-0.1, -0.05) is 31.4 Å². The van der Waals surface area contributed by atoms with E-state index in [9.17, 15) is 14.4 Å². The summed E-state index contributed by atoms with van der Waals surface area (Å²) in [6.07, 6.45) is 4.56. The van der Waals surface area contributed by atoms with E-state index >= 15 is 0 Å². The van der Waals surface area contributed by atoms with Gasteiger partial charge >= 0.3 is 6.03 Å². The molecule has 1 aliphatic heterocycles. The minimum atomic E-state index is -0.790. The molecular weight excluding hydrogens is 322 g/mol. The van der Waals surface area contributed by atoms with Crippen LogP contribution in [-0.4, -0.2) is 24.0 Å². The van der Waals surface area contributed by atoms with Crippen molar-refractivity contribution in [2.24, 2.45) is 5.92 Å². The number of nitrogens with one attached hydrogen (secondary N) is 5. The van der Waals surface area contributed by atoms with E-state index in [4.69, 9.17) is 0 Å². The number of rotatable bonds is 5. The second-order valence-corrected chi connectivity index (χ2v) is 6.42. The summed E-state index contributed by atoms with van der Waals surface area (Å²) in [5.41, 5.74) is 6.44. The number of amides is 4. The molecule has 1 saturated carbocycles. The van der Waals surface area contributed by atoms with Crippen LogP contribution in [0.15, 0.2) is 24.3 Å². The molecule has 1 atom stereocenters. The number of carbonyl (C=O) groups is 3. The molecule has 3 rings (SSSR count). The number of urea groups is 1. The lowest BCUT2D eigenvalue weighted by atomic mass is 9.88. The third kappa shape index (κ3) is 4.69. The van der Waals surface area contributed by atoms with Gasteiger partial charge in [-0.25, -0.2) is 10.2 Å². The Balaban J connectivity index is 1.51. The Morgan fingerprint density at radius 2 is 1.92 bits per heavy atom. The Morgan fingerprint density at radius 3 is 2.64 bits per heavy atom. The number of anilines is 1. The normalized spacial score (nSPS) is 20.5. The summed E-state index contributed by atoms with van der Waals surface area (Å²) in [6.45, 7) is 0.306. The van der Waals surface area contributed by atoms with E-state index < -0.39 is 12.2 Å². The van der Waals surface area contributed by atoms with Crippen molar-refractivity contribution in [3.63, 3.8) is 0 Å². The van der Waals surface area contributed by atoms with E-state index in [0.717, 1.165) is 36.9 Å². The van der Waals surface area contributed by atoms with E-state index in [-0.39, 0.29) is 17.7 Å². The molecule has 1 aliphatic carbocycles. The highest BCUT2D eigenvalue weighted by molar-refractivity contribution is 5.92. The smallest absolute Gasteiger partial charge is 0.330 e. The van der Waals surface area contributed by atoms with Crippen molar-refractivity contribution in [2.75, 3.05) is 5.32 Å². The topological polar surface area (TPSA) is 111 Å². The fourth-order valence-electron chi connectivity index (χ4n) is 3.13. The molecule has 0 radical (unpaired) electrons. The van der Waals surface area contributed by atoms with Gasteiger partial charge in [-0.2, -0.15) is 0 Å². The third-order valence-electron chi connectivity index (χ3n) is 4.50.